The first-order valence-electron chi connectivity index (χ1n) is 7.47. The maximum atomic E-state index is 12.8. The minimum Gasteiger partial charge on any atom is -0.465 e. The number of nitrogens with zero attached hydrogens (tertiary/aromatic N) is 1. The van der Waals surface area contributed by atoms with Gasteiger partial charge in [-0.25, -0.2) is 0 Å². The van der Waals surface area contributed by atoms with Crippen molar-refractivity contribution < 1.29 is 34.4 Å². The second-order valence-electron chi connectivity index (χ2n) is 5.69. The van der Waals surface area contributed by atoms with Crippen LogP contribution in [0.15, 0.2) is 27.7 Å². The van der Waals surface area contributed by atoms with Crippen LogP contribution in [-0.4, -0.2) is 72.8 Å². The topological polar surface area (TPSA) is 124 Å². The van der Waals surface area contributed by atoms with Crippen molar-refractivity contribution in [3.05, 3.63) is 29.1 Å². The van der Waals surface area contributed by atoms with Gasteiger partial charge in [0, 0.05) is 5.57 Å². The molecule has 0 unspecified atom stereocenters. The van der Waals surface area contributed by atoms with Gasteiger partial charge >= 0.3 is 0 Å². The van der Waals surface area contributed by atoms with E-state index < -0.39 is 43.2 Å². The molecule has 1 aromatic rings. The van der Waals surface area contributed by atoms with Crippen LogP contribution in [0.2, 0.25) is 0 Å². The lowest BCUT2D eigenvalue weighted by atomic mass is 9.98. The van der Waals surface area contributed by atoms with Crippen LogP contribution in [-0.2, 0) is 9.53 Å². The number of amides is 1. The number of rotatable bonds is 3. The van der Waals surface area contributed by atoms with E-state index in [0.717, 1.165) is 16.7 Å². The van der Waals surface area contributed by atoms with Gasteiger partial charge < -0.3 is 29.6 Å². The molecule has 1 amide bonds. The van der Waals surface area contributed by atoms with Crippen LogP contribution in [0.25, 0.3) is 5.57 Å². The predicted molar refractivity (Wildman–Crippen MR) is 92.1 cm³/mol. The van der Waals surface area contributed by atoms with Crippen molar-refractivity contribution in [1.82, 2.24) is 4.90 Å². The molecule has 4 N–H and O–H groups in total. The zero-order valence-electron chi connectivity index (χ0n) is 13.1. The summed E-state index contributed by atoms with van der Waals surface area (Å²) in [5.41, 5.74) is 0.578. The van der Waals surface area contributed by atoms with E-state index in [2.05, 4.69) is 0 Å². The van der Waals surface area contributed by atoms with E-state index in [1.54, 1.807) is 19.1 Å². The van der Waals surface area contributed by atoms with Crippen LogP contribution < -0.4 is 0 Å². The van der Waals surface area contributed by atoms with Gasteiger partial charge in [-0.15, -0.1) is 0 Å². The van der Waals surface area contributed by atoms with E-state index in [0.29, 0.717) is 16.2 Å². The van der Waals surface area contributed by atoms with Gasteiger partial charge in [-0.1, -0.05) is 24.0 Å². The number of carbonyl (C=O) groups is 1. The monoisotopic (exact) mass is 387 g/mol. The van der Waals surface area contributed by atoms with Crippen LogP contribution >= 0.6 is 24.0 Å². The molecule has 2 aliphatic heterocycles. The number of hydrogen-bond donors (Lipinski definition) is 4. The van der Waals surface area contributed by atoms with Crippen LogP contribution in [0, 0.1) is 0 Å². The highest BCUT2D eigenvalue weighted by Gasteiger charge is 2.50. The van der Waals surface area contributed by atoms with Crippen molar-refractivity contribution in [1.29, 1.82) is 0 Å². The number of aliphatic hydroxyl groups excluding tert-OH is 4. The van der Waals surface area contributed by atoms with Crippen molar-refractivity contribution in [2.45, 2.75) is 37.6 Å². The van der Waals surface area contributed by atoms with Gasteiger partial charge in [-0.2, -0.15) is 0 Å². The molecule has 10 heteroatoms. The van der Waals surface area contributed by atoms with E-state index in [1.165, 1.54) is 6.26 Å². The molecule has 0 bridgehead atoms. The SMILES string of the molecule is C/C(=C1\SC(=S)N([C@H]2O[C@@H](CO)[C@@H](O)[C@@H](O)[C@H]2O)C1=O)c1ccco1. The molecule has 0 spiro atoms. The number of furan rings is 1. The van der Waals surface area contributed by atoms with E-state index >= 15 is 0 Å². The van der Waals surface area contributed by atoms with Gasteiger partial charge in [0.2, 0.25) is 0 Å². The van der Waals surface area contributed by atoms with Crippen molar-refractivity contribution in [2.75, 3.05) is 6.61 Å². The lowest BCUT2D eigenvalue weighted by molar-refractivity contribution is -0.252. The van der Waals surface area contributed by atoms with Crippen molar-refractivity contribution in [3.8, 4) is 0 Å². The fourth-order valence-electron chi connectivity index (χ4n) is 2.73. The molecule has 0 aromatic carbocycles. The highest BCUT2D eigenvalue weighted by molar-refractivity contribution is 8.26. The number of hydrogen-bond acceptors (Lipinski definition) is 9. The van der Waals surface area contributed by atoms with Gasteiger partial charge in [-0.05, 0) is 19.1 Å². The van der Waals surface area contributed by atoms with E-state index in [1.807, 2.05) is 0 Å². The molecule has 0 aliphatic carbocycles. The average Bonchev–Trinajstić information content (AvgIpc) is 3.22. The normalized spacial score (nSPS) is 35.4. The third-order valence-corrected chi connectivity index (χ3v) is 5.65. The van der Waals surface area contributed by atoms with Crippen molar-refractivity contribution in [2.24, 2.45) is 0 Å². The standard InChI is InChI=1S/C15H17NO7S2/c1-6(7-3-2-4-22-7)12-13(21)16(15(24)25-12)14-11(20)10(19)9(18)8(5-17)23-14/h2-4,8-11,14,17-20H,5H2,1H3/b12-6+/t8-,9+,10+,11+,14-/m0/s1. The Bertz CT molecular complexity index is 703. The molecule has 2 aliphatic rings. The molecule has 2 saturated heterocycles. The summed E-state index contributed by atoms with van der Waals surface area (Å²) in [6.45, 7) is 1.12. The fourth-order valence-corrected chi connectivity index (χ4v) is 4.06. The molecule has 3 rings (SSSR count). The summed E-state index contributed by atoms with van der Waals surface area (Å²) in [6, 6.07) is 3.40. The van der Waals surface area contributed by atoms with Crippen molar-refractivity contribution >= 4 is 39.8 Å². The molecule has 1 aromatic heterocycles. The van der Waals surface area contributed by atoms with Gasteiger partial charge in [0.1, 0.15) is 30.2 Å². The summed E-state index contributed by atoms with van der Waals surface area (Å²) in [5, 5.41) is 39.3. The van der Waals surface area contributed by atoms with E-state index in [-0.39, 0.29) is 4.32 Å². The molecule has 25 heavy (non-hydrogen) atoms. The molecule has 3 heterocycles. The Labute approximate surface area is 152 Å². The average molecular weight is 387 g/mol. The minimum absolute atomic E-state index is 0.134. The maximum Gasteiger partial charge on any atom is 0.268 e. The molecule has 2 fully saturated rings. The largest absolute Gasteiger partial charge is 0.465 e. The zero-order chi connectivity index (χ0) is 18.3. The third-order valence-electron chi connectivity index (χ3n) is 4.15. The van der Waals surface area contributed by atoms with Gasteiger partial charge in [0.05, 0.1) is 17.8 Å². The highest BCUT2D eigenvalue weighted by Crippen LogP contribution is 2.39. The summed E-state index contributed by atoms with van der Waals surface area (Å²) >= 11 is 6.25. The minimum atomic E-state index is -1.59. The fraction of sp³-hybridized carbons (Fsp3) is 0.467. The Morgan fingerprint density at radius 2 is 2.04 bits per heavy atom. The Hall–Kier alpha value is -1.27. The van der Waals surface area contributed by atoms with Crippen LogP contribution in [0.1, 0.15) is 12.7 Å². The quantitative estimate of drug-likeness (QED) is 0.408. The first kappa shape index (κ1) is 18.5. The second kappa shape index (κ2) is 7.16. The highest BCUT2D eigenvalue weighted by atomic mass is 32.2. The Morgan fingerprint density at radius 1 is 1.32 bits per heavy atom. The first-order valence-corrected chi connectivity index (χ1v) is 8.70. The lowest BCUT2D eigenvalue weighted by Gasteiger charge is -2.42. The first-order chi connectivity index (χ1) is 11.9. The summed E-state index contributed by atoms with van der Waals surface area (Å²) < 4.78 is 10.8. The van der Waals surface area contributed by atoms with Gasteiger partial charge in [0.15, 0.2) is 10.5 Å². The number of carbonyl (C=O) groups excluding carboxylic acids is 1. The number of thioether (sulfide) groups is 1. The van der Waals surface area contributed by atoms with E-state index in [9.17, 15) is 25.2 Å². The number of allylic oxidation sites excluding steroid dienone is 1. The maximum absolute atomic E-state index is 12.8. The number of ether oxygens (including phenoxy) is 1. The third kappa shape index (κ3) is 3.14. The molecule has 0 saturated carbocycles. The summed E-state index contributed by atoms with van der Waals surface area (Å²) in [7, 11) is 0. The predicted octanol–water partition coefficient (Wildman–Crippen LogP) is -0.329. The van der Waals surface area contributed by atoms with Crippen molar-refractivity contribution in [3.63, 3.8) is 0 Å². The van der Waals surface area contributed by atoms with Crippen LogP contribution in [0.3, 0.4) is 0 Å². The Balaban J connectivity index is 1.91. The van der Waals surface area contributed by atoms with Gasteiger partial charge in [0.25, 0.3) is 5.91 Å². The zero-order valence-corrected chi connectivity index (χ0v) is 14.7. The summed E-state index contributed by atoms with van der Waals surface area (Å²) in [4.78, 5) is 14.2. The molecule has 5 atom stereocenters. The smallest absolute Gasteiger partial charge is 0.268 e. The molecular formula is C15H17NO7S2. The number of aliphatic hydroxyl groups is 4. The summed E-state index contributed by atoms with van der Waals surface area (Å²) in [6.07, 6.45) is -5.63. The lowest BCUT2D eigenvalue weighted by Crippen LogP contribution is -2.63. The molecule has 0 radical (unpaired) electrons. The summed E-state index contributed by atoms with van der Waals surface area (Å²) in [5.74, 6) is 0.00234. The van der Waals surface area contributed by atoms with Gasteiger partial charge in [-0.3, -0.25) is 9.69 Å². The van der Waals surface area contributed by atoms with Crippen LogP contribution in [0.4, 0.5) is 0 Å². The molecule has 8 nitrogen and oxygen atoms in total. The second-order valence-corrected chi connectivity index (χ2v) is 7.34. The van der Waals surface area contributed by atoms with E-state index in [4.69, 9.17) is 21.4 Å². The van der Waals surface area contributed by atoms with Crippen LogP contribution in [0.5, 0.6) is 0 Å². The molecular weight excluding hydrogens is 370 g/mol. The Kier molecular flexibility index (Phi) is 5.30. The Morgan fingerprint density at radius 3 is 2.64 bits per heavy atom. The molecule has 136 valence electrons. The number of thiocarbonyl (C=S) groups is 1.